The van der Waals surface area contributed by atoms with Crippen molar-refractivity contribution in [1.82, 2.24) is 10.2 Å². The number of amides is 2. The van der Waals surface area contributed by atoms with Crippen LogP contribution >= 0.6 is 0 Å². The number of carbonyl (C=O) groups is 4. The van der Waals surface area contributed by atoms with Crippen molar-refractivity contribution in [2.24, 2.45) is 5.92 Å². The van der Waals surface area contributed by atoms with Crippen LogP contribution in [0.1, 0.15) is 67.7 Å². The van der Waals surface area contributed by atoms with Crippen LogP contribution < -0.4 is 5.32 Å². The average molecular weight is 402 g/mol. The number of nitrogens with zero attached hydrogens (tertiary/aromatic N) is 1. The number of hydrogen-bond acceptors (Lipinski definition) is 5. The van der Waals surface area contributed by atoms with Gasteiger partial charge in [-0.15, -0.1) is 0 Å². The van der Waals surface area contributed by atoms with Crippen LogP contribution in [-0.2, 0) is 19.1 Å². The Morgan fingerprint density at radius 1 is 1.07 bits per heavy atom. The predicted octanol–water partition coefficient (Wildman–Crippen LogP) is 2.48. The van der Waals surface area contributed by atoms with Crippen molar-refractivity contribution >= 4 is 23.9 Å². The molecule has 0 spiro atoms. The molecule has 0 saturated carbocycles. The number of likely N-dealkylation sites (N-methyl/N-ethyl adjacent to an activating group) is 1. The first-order chi connectivity index (χ1) is 12.7. The van der Waals surface area contributed by atoms with Crippen LogP contribution in [0.2, 0.25) is 0 Å². The molecule has 0 saturated heterocycles. The quantitative estimate of drug-likeness (QED) is 0.511. The molecule has 0 aliphatic rings. The SMILES string of the molecule is CCN(C(=O)OC(C)(C)C)[C@](CC)(C(=O)N[C@H](CCC(=O)O)C(=O)O)C(C)C. The van der Waals surface area contributed by atoms with E-state index in [4.69, 9.17) is 9.84 Å². The molecule has 0 bridgehead atoms. The Balaban J connectivity index is 5.89. The zero-order chi connectivity index (χ0) is 22.3. The van der Waals surface area contributed by atoms with E-state index in [-0.39, 0.29) is 25.3 Å². The summed E-state index contributed by atoms with van der Waals surface area (Å²) in [5.41, 5.74) is -2.10. The van der Waals surface area contributed by atoms with Crippen LogP contribution in [-0.4, -0.2) is 62.8 Å². The van der Waals surface area contributed by atoms with Crippen molar-refractivity contribution in [3.05, 3.63) is 0 Å². The number of carbonyl (C=O) groups excluding carboxylic acids is 2. The average Bonchev–Trinajstić information content (AvgIpc) is 2.53. The number of rotatable bonds is 10. The Labute approximate surface area is 166 Å². The van der Waals surface area contributed by atoms with Gasteiger partial charge in [-0.05, 0) is 46.5 Å². The number of hydrogen-bond donors (Lipinski definition) is 3. The van der Waals surface area contributed by atoms with Crippen molar-refractivity contribution in [3.8, 4) is 0 Å². The Hall–Kier alpha value is -2.32. The van der Waals surface area contributed by atoms with Gasteiger partial charge in [0.25, 0.3) is 0 Å². The Kier molecular flexibility index (Phi) is 9.43. The van der Waals surface area contributed by atoms with Gasteiger partial charge in [0.05, 0.1) is 0 Å². The van der Waals surface area contributed by atoms with Gasteiger partial charge in [0.15, 0.2) is 0 Å². The summed E-state index contributed by atoms with van der Waals surface area (Å²) in [6.07, 6.45) is -1.10. The second-order valence-electron chi connectivity index (χ2n) is 7.95. The molecule has 0 heterocycles. The number of carboxylic acid groups (broad SMARTS) is 2. The fraction of sp³-hybridized carbons (Fsp3) is 0.789. The van der Waals surface area contributed by atoms with Gasteiger partial charge in [0.1, 0.15) is 17.2 Å². The molecule has 9 heteroatoms. The van der Waals surface area contributed by atoms with E-state index in [0.717, 1.165) is 0 Å². The minimum absolute atomic E-state index is 0.182. The normalized spacial score (nSPS) is 14.7. The largest absolute Gasteiger partial charge is 0.481 e. The predicted molar refractivity (Wildman–Crippen MR) is 103 cm³/mol. The first-order valence-corrected chi connectivity index (χ1v) is 9.49. The fourth-order valence-electron chi connectivity index (χ4n) is 3.16. The van der Waals surface area contributed by atoms with Crippen LogP contribution in [0.15, 0.2) is 0 Å². The van der Waals surface area contributed by atoms with Crippen molar-refractivity contribution in [2.45, 2.75) is 84.9 Å². The molecule has 28 heavy (non-hydrogen) atoms. The van der Waals surface area contributed by atoms with E-state index >= 15 is 0 Å². The summed E-state index contributed by atoms with van der Waals surface area (Å²) in [5, 5.41) is 20.6. The summed E-state index contributed by atoms with van der Waals surface area (Å²) in [7, 11) is 0. The van der Waals surface area contributed by atoms with Gasteiger partial charge < -0.3 is 20.3 Å². The van der Waals surface area contributed by atoms with E-state index in [9.17, 15) is 24.3 Å². The van der Waals surface area contributed by atoms with Crippen LogP contribution in [0.4, 0.5) is 4.79 Å². The monoisotopic (exact) mass is 402 g/mol. The molecule has 2 atom stereocenters. The van der Waals surface area contributed by atoms with Crippen molar-refractivity contribution in [1.29, 1.82) is 0 Å². The van der Waals surface area contributed by atoms with E-state index in [1.807, 2.05) is 0 Å². The Morgan fingerprint density at radius 2 is 1.61 bits per heavy atom. The molecule has 0 aromatic heterocycles. The maximum atomic E-state index is 13.2. The highest BCUT2D eigenvalue weighted by atomic mass is 16.6. The molecule has 0 unspecified atom stereocenters. The topological polar surface area (TPSA) is 133 Å². The smallest absolute Gasteiger partial charge is 0.411 e. The standard InChI is InChI=1S/C19H34N2O7/c1-8-19(12(3)4,21(9-2)17(27)28-18(5,6)7)16(26)20-13(15(24)25)10-11-14(22)23/h12-13H,8-11H2,1-7H3,(H,20,26)(H,22,23)(H,24,25)/t13-,19+/m1/s1. The minimum atomic E-state index is -1.37. The lowest BCUT2D eigenvalue weighted by molar-refractivity contribution is -0.147. The van der Waals surface area contributed by atoms with E-state index in [2.05, 4.69) is 5.32 Å². The Bertz CT molecular complexity index is 583. The number of carboxylic acids is 2. The Morgan fingerprint density at radius 3 is 1.93 bits per heavy atom. The highest BCUT2D eigenvalue weighted by Gasteiger charge is 2.49. The van der Waals surface area contributed by atoms with E-state index in [1.54, 1.807) is 48.5 Å². The third-order valence-corrected chi connectivity index (χ3v) is 4.55. The second-order valence-corrected chi connectivity index (χ2v) is 7.95. The summed E-state index contributed by atoms with van der Waals surface area (Å²) < 4.78 is 5.44. The molecule has 9 nitrogen and oxygen atoms in total. The van der Waals surface area contributed by atoms with E-state index in [1.165, 1.54) is 4.90 Å². The molecule has 0 rings (SSSR count). The van der Waals surface area contributed by atoms with Gasteiger partial charge in [-0.2, -0.15) is 0 Å². The molecule has 0 aromatic rings. The third kappa shape index (κ3) is 6.69. The molecule has 0 radical (unpaired) electrons. The first-order valence-electron chi connectivity index (χ1n) is 9.49. The highest BCUT2D eigenvalue weighted by molar-refractivity contribution is 5.93. The van der Waals surface area contributed by atoms with Crippen LogP contribution in [0, 0.1) is 5.92 Å². The lowest BCUT2D eigenvalue weighted by Crippen LogP contribution is -2.65. The van der Waals surface area contributed by atoms with Crippen LogP contribution in [0.5, 0.6) is 0 Å². The van der Waals surface area contributed by atoms with Gasteiger partial charge in [-0.25, -0.2) is 9.59 Å². The van der Waals surface area contributed by atoms with Crippen LogP contribution in [0.3, 0.4) is 0 Å². The molecule has 0 aliphatic heterocycles. The van der Waals surface area contributed by atoms with E-state index < -0.39 is 47.5 Å². The fourth-order valence-corrected chi connectivity index (χ4v) is 3.16. The minimum Gasteiger partial charge on any atom is -0.481 e. The summed E-state index contributed by atoms with van der Waals surface area (Å²) in [5.74, 6) is -3.48. The molecule has 0 aromatic carbocycles. The van der Waals surface area contributed by atoms with Gasteiger partial charge in [-0.3, -0.25) is 14.5 Å². The number of nitrogens with one attached hydrogen (secondary N) is 1. The third-order valence-electron chi connectivity index (χ3n) is 4.55. The zero-order valence-electron chi connectivity index (χ0n) is 17.9. The van der Waals surface area contributed by atoms with Crippen molar-refractivity contribution in [2.75, 3.05) is 6.54 Å². The maximum absolute atomic E-state index is 13.2. The lowest BCUT2D eigenvalue weighted by atomic mass is 9.80. The zero-order valence-corrected chi connectivity index (χ0v) is 17.9. The van der Waals surface area contributed by atoms with Gasteiger partial charge in [0, 0.05) is 13.0 Å². The number of aliphatic carboxylic acids is 2. The van der Waals surface area contributed by atoms with Gasteiger partial charge in [0.2, 0.25) is 5.91 Å². The summed E-state index contributed by atoms with van der Waals surface area (Å²) in [4.78, 5) is 49.5. The molecular formula is C19H34N2O7. The lowest BCUT2D eigenvalue weighted by Gasteiger charge is -2.45. The first kappa shape index (κ1) is 25.7. The molecule has 0 fully saturated rings. The molecule has 2 amide bonds. The highest BCUT2D eigenvalue weighted by Crippen LogP contribution is 2.31. The summed E-state index contributed by atoms with van der Waals surface area (Å²) in [6.45, 7) is 12.3. The maximum Gasteiger partial charge on any atom is 0.411 e. The number of ether oxygens (including phenoxy) is 1. The summed E-state index contributed by atoms with van der Waals surface area (Å²) >= 11 is 0. The van der Waals surface area contributed by atoms with Crippen molar-refractivity contribution in [3.63, 3.8) is 0 Å². The molecule has 0 aliphatic carbocycles. The molecular weight excluding hydrogens is 368 g/mol. The van der Waals surface area contributed by atoms with Crippen LogP contribution in [0.25, 0.3) is 0 Å². The molecule has 3 N–H and O–H groups in total. The van der Waals surface area contributed by atoms with Crippen molar-refractivity contribution < 1.29 is 34.1 Å². The summed E-state index contributed by atoms with van der Waals surface area (Å²) in [6, 6.07) is -1.37. The second kappa shape index (κ2) is 10.3. The van der Waals surface area contributed by atoms with Gasteiger partial charge >= 0.3 is 18.0 Å². The molecule has 162 valence electrons. The van der Waals surface area contributed by atoms with E-state index in [0.29, 0.717) is 0 Å². The van der Waals surface area contributed by atoms with Gasteiger partial charge in [-0.1, -0.05) is 20.8 Å².